The molecule has 2 heterocycles. The fourth-order valence-electron chi connectivity index (χ4n) is 4.89. The van der Waals surface area contributed by atoms with E-state index in [4.69, 9.17) is 0 Å². The summed E-state index contributed by atoms with van der Waals surface area (Å²) in [5.41, 5.74) is 1.48. The maximum absolute atomic E-state index is 12.8. The van der Waals surface area contributed by atoms with Crippen molar-refractivity contribution in [3.8, 4) is 0 Å². The van der Waals surface area contributed by atoms with Crippen LogP contribution in [0.4, 0.5) is 0 Å². The van der Waals surface area contributed by atoms with Crippen LogP contribution in [-0.2, 0) is 11.3 Å². The molecule has 1 N–H and O–H groups in total. The lowest BCUT2D eigenvalue weighted by Gasteiger charge is -2.47. The predicted molar refractivity (Wildman–Crippen MR) is 114 cm³/mol. The number of hydrogen-bond acceptors (Lipinski definition) is 4. The van der Waals surface area contributed by atoms with E-state index in [0.717, 1.165) is 39.3 Å². The summed E-state index contributed by atoms with van der Waals surface area (Å²) in [7, 11) is 0. The Morgan fingerprint density at radius 2 is 1.96 bits per heavy atom. The van der Waals surface area contributed by atoms with E-state index in [1.807, 2.05) is 0 Å². The Balaban J connectivity index is 1.72. The van der Waals surface area contributed by atoms with Crippen LogP contribution in [0.1, 0.15) is 64.4 Å². The molecule has 1 saturated heterocycles. The normalized spacial score (nSPS) is 23.3. The first-order valence-corrected chi connectivity index (χ1v) is 11.8. The molecule has 0 unspecified atom stereocenters. The van der Waals surface area contributed by atoms with Crippen LogP contribution >= 0.6 is 11.3 Å². The molecule has 0 bridgehead atoms. The number of amides is 1. The summed E-state index contributed by atoms with van der Waals surface area (Å²) in [4.78, 5) is 18.0. The first-order chi connectivity index (χ1) is 13.1. The molecule has 1 aliphatic heterocycles. The van der Waals surface area contributed by atoms with Gasteiger partial charge in [-0.3, -0.25) is 14.6 Å². The molecule has 0 atom stereocenters. The summed E-state index contributed by atoms with van der Waals surface area (Å²) in [6.45, 7) is 10.7. The Morgan fingerprint density at radius 3 is 2.67 bits per heavy atom. The molecular weight excluding hydrogens is 354 g/mol. The van der Waals surface area contributed by atoms with Crippen molar-refractivity contribution in [2.75, 3.05) is 32.7 Å². The zero-order chi connectivity index (χ0) is 19.1. The van der Waals surface area contributed by atoms with Crippen molar-refractivity contribution >= 4 is 17.2 Å². The van der Waals surface area contributed by atoms with Crippen LogP contribution in [0.25, 0.3) is 0 Å². The van der Waals surface area contributed by atoms with Crippen LogP contribution in [-0.4, -0.2) is 54.0 Å². The van der Waals surface area contributed by atoms with Crippen LogP contribution in [0.15, 0.2) is 16.8 Å². The largest absolute Gasteiger partial charge is 0.355 e. The molecule has 1 aromatic rings. The third-order valence-electron chi connectivity index (χ3n) is 6.17. The number of rotatable bonds is 4. The molecule has 1 spiro atoms. The Kier molecular flexibility index (Phi) is 7.74. The average molecular weight is 392 g/mol. The molecule has 4 nitrogen and oxygen atoms in total. The molecule has 1 aromatic heterocycles. The van der Waals surface area contributed by atoms with Crippen molar-refractivity contribution in [2.24, 2.45) is 5.92 Å². The Labute approximate surface area is 169 Å². The highest BCUT2D eigenvalue weighted by atomic mass is 32.1. The van der Waals surface area contributed by atoms with E-state index in [1.54, 1.807) is 11.3 Å². The second-order valence-corrected chi connectivity index (χ2v) is 9.69. The first-order valence-electron chi connectivity index (χ1n) is 10.8. The minimum Gasteiger partial charge on any atom is -0.355 e. The highest BCUT2D eigenvalue weighted by Gasteiger charge is 2.39. The molecule has 1 aliphatic carbocycles. The maximum Gasteiger partial charge on any atom is 0.221 e. The highest BCUT2D eigenvalue weighted by molar-refractivity contribution is 7.07. The van der Waals surface area contributed by atoms with Crippen molar-refractivity contribution in [1.82, 2.24) is 15.1 Å². The van der Waals surface area contributed by atoms with Gasteiger partial charge in [-0.15, -0.1) is 0 Å². The van der Waals surface area contributed by atoms with Crippen molar-refractivity contribution in [3.05, 3.63) is 22.4 Å². The van der Waals surface area contributed by atoms with Gasteiger partial charge in [-0.2, -0.15) is 11.3 Å². The summed E-state index contributed by atoms with van der Waals surface area (Å²) >= 11 is 1.77. The van der Waals surface area contributed by atoms with E-state index < -0.39 is 0 Å². The number of nitrogens with zero attached hydrogens (tertiary/aromatic N) is 2. The summed E-state index contributed by atoms with van der Waals surface area (Å²) < 4.78 is 0. The molecule has 152 valence electrons. The van der Waals surface area contributed by atoms with Gasteiger partial charge < -0.3 is 5.32 Å². The van der Waals surface area contributed by atoms with Gasteiger partial charge in [-0.05, 0) is 60.7 Å². The zero-order valence-corrected chi connectivity index (χ0v) is 18.0. The van der Waals surface area contributed by atoms with Crippen LogP contribution in [0.5, 0.6) is 0 Å². The van der Waals surface area contributed by atoms with Crippen LogP contribution < -0.4 is 5.32 Å². The van der Waals surface area contributed by atoms with Crippen molar-refractivity contribution < 1.29 is 4.79 Å². The van der Waals surface area contributed by atoms with Gasteiger partial charge in [0.2, 0.25) is 5.91 Å². The van der Waals surface area contributed by atoms with Gasteiger partial charge in [-0.1, -0.05) is 33.1 Å². The molecule has 5 heteroatoms. The number of hydrogen-bond donors (Lipinski definition) is 1. The molecule has 2 aliphatic rings. The third kappa shape index (κ3) is 6.03. The van der Waals surface area contributed by atoms with Crippen molar-refractivity contribution in [1.29, 1.82) is 0 Å². The topological polar surface area (TPSA) is 35.6 Å². The second kappa shape index (κ2) is 10.0. The number of carbonyl (C=O) groups excluding carboxylic acids is 1. The van der Waals surface area contributed by atoms with Crippen LogP contribution in [0, 0.1) is 5.92 Å². The smallest absolute Gasteiger partial charge is 0.221 e. The predicted octanol–water partition coefficient (Wildman–Crippen LogP) is 4.12. The Morgan fingerprint density at radius 1 is 1.15 bits per heavy atom. The lowest BCUT2D eigenvalue weighted by Crippen LogP contribution is -2.54. The van der Waals surface area contributed by atoms with Gasteiger partial charge >= 0.3 is 0 Å². The monoisotopic (exact) mass is 391 g/mol. The SMILES string of the molecule is CC(C)CN1CCCN(Cc2ccsc2)CCNC(=O)CC12CCCCC2. The van der Waals surface area contributed by atoms with Crippen LogP contribution in [0.3, 0.4) is 0 Å². The highest BCUT2D eigenvalue weighted by Crippen LogP contribution is 2.37. The average Bonchev–Trinajstić information content (AvgIpc) is 3.13. The van der Waals surface area contributed by atoms with Gasteiger partial charge in [0.05, 0.1) is 0 Å². The summed E-state index contributed by atoms with van der Waals surface area (Å²) in [6.07, 6.45) is 8.11. The lowest BCUT2D eigenvalue weighted by atomic mass is 9.77. The Hall–Kier alpha value is -0.910. The van der Waals surface area contributed by atoms with Gasteiger partial charge in [-0.25, -0.2) is 0 Å². The fraction of sp³-hybridized carbons (Fsp3) is 0.773. The van der Waals surface area contributed by atoms with Crippen LogP contribution in [0.2, 0.25) is 0 Å². The van der Waals surface area contributed by atoms with E-state index in [9.17, 15) is 4.79 Å². The molecule has 1 amide bonds. The summed E-state index contributed by atoms with van der Waals surface area (Å²) in [5, 5.41) is 7.63. The second-order valence-electron chi connectivity index (χ2n) is 8.91. The quantitative estimate of drug-likeness (QED) is 0.838. The minimum atomic E-state index is 0.0924. The molecule has 2 fully saturated rings. The zero-order valence-electron chi connectivity index (χ0n) is 17.2. The minimum absolute atomic E-state index is 0.0924. The summed E-state index contributed by atoms with van der Waals surface area (Å²) in [5.74, 6) is 0.891. The van der Waals surface area contributed by atoms with Gasteiger partial charge in [0.1, 0.15) is 0 Å². The number of nitrogens with one attached hydrogen (secondary N) is 1. The maximum atomic E-state index is 12.8. The number of carbonyl (C=O) groups is 1. The molecule has 0 aromatic carbocycles. The fourth-order valence-corrected chi connectivity index (χ4v) is 5.55. The van der Waals surface area contributed by atoms with E-state index >= 15 is 0 Å². The van der Waals surface area contributed by atoms with Gasteiger partial charge in [0.15, 0.2) is 0 Å². The number of thiophene rings is 1. The summed E-state index contributed by atoms with van der Waals surface area (Å²) in [6, 6.07) is 2.22. The van der Waals surface area contributed by atoms with E-state index in [0.29, 0.717) is 12.3 Å². The van der Waals surface area contributed by atoms with Gasteiger partial charge in [0, 0.05) is 38.1 Å². The molecule has 1 saturated carbocycles. The molecule has 3 rings (SSSR count). The van der Waals surface area contributed by atoms with Crippen molar-refractivity contribution in [3.63, 3.8) is 0 Å². The molecular formula is C22H37N3OS. The lowest BCUT2D eigenvalue weighted by molar-refractivity contribution is -0.125. The van der Waals surface area contributed by atoms with E-state index in [2.05, 4.69) is 45.8 Å². The van der Waals surface area contributed by atoms with E-state index in [1.165, 1.54) is 44.1 Å². The van der Waals surface area contributed by atoms with E-state index in [-0.39, 0.29) is 11.4 Å². The standard InChI is InChI=1S/C22H37N3OS/c1-19(2)16-25-12-6-11-24(17-20-7-14-27-18-20)13-10-23-21(26)15-22(25)8-4-3-5-9-22/h7,14,18-19H,3-6,8-13,15-17H2,1-2H3,(H,23,26). The van der Waals surface area contributed by atoms with Gasteiger partial charge in [0.25, 0.3) is 0 Å². The molecule has 0 radical (unpaired) electrons. The Bertz CT molecular complexity index is 566. The first kappa shape index (κ1) is 20.8. The third-order valence-corrected chi connectivity index (χ3v) is 6.90. The molecule has 27 heavy (non-hydrogen) atoms. The van der Waals surface area contributed by atoms with Crippen molar-refractivity contribution in [2.45, 2.75) is 70.9 Å².